The van der Waals surface area contributed by atoms with Crippen molar-refractivity contribution in [3.05, 3.63) is 30.1 Å². The van der Waals surface area contributed by atoms with Crippen LogP contribution in [0.1, 0.15) is 6.92 Å². The third kappa shape index (κ3) is 3.61. The van der Waals surface area contributed by atoms with Crippen molar-refractivity contribution < 1.29 is 4.39 Å². The zero-order valence-corrected chi connectivity index (χ0v) is 9.25. The SMILES string of the molecule is CC(CS)CSc1ccccc1F. The Morgan fingerprint density at radius 1 is 1.46 bits per heavy atom. The Labute approximate surface area is 88.3 Å². The second kappa shape index (κ2) is 5.55. The molecule has 0 saturated heterocycles. The van der Waals surface area contributed by atoms with Gasteiger partial charge in [0.1, 0.15) is 5.82 Å². The molecular formula is C10H13FS2. The topological polar surface area (TPSA) is 0 Å². The van der Waals surface area contributed by atoms with Gasteiger partial charge in [0.15, 0.2) is 0 Å². The van der Waals surface area contributed by atoms with Crippen LogP contribution in [-0.2, 0) is 0 Å². The number of thiol groups is 1. The van der Waals surface area contributed by atoms with Crippen LogP contribution in [0.25, 0.3) is 0 Å². The third-order valence-corrected chi connectivity index (χ3v) is 3.67. The third-order valence-electron chi connectivity index (χ3n) is 1.67. The maximum Gasteiger partial charge on any atom is 0.136 e. The fourth-order valence-electron chi connectivity index (χ4n) is 0.847. The molecule has 1 unspecified atom stereocenters. The molecular weight excluding hydrogens is 203 g/mol. The minimum absolute atomic E-state index is 0.126. The van der Waals surface area contributed by atoms with E-state index in [0.717, 1.165) is 16.4 Å². The predicted octanol–water partition coefficient (Wildman–Crippen LogP) is 3.48. The summed E-state index contributed by atoms with van der Waals surface area (Å²) in [7, 11) is 0. The number of hydrogen-bond donors (Lipinski definition) is 1. The highest BCUT2D eigenvalue weighted by Crippen LogP contribution is 2.23. The normalized spacial score (nSPS) is 12.8. The van der Waals surface area contributed by atoms with Crippen LogP contribution in [0.15, 0.2) is 29.2 Å². The lowest BCUT2D eigenvalue weighted by molar-refractivity contribution is 0.601. The molecule has 1 atom stereocenters. The largest absolute Gasteiger partial charge is 0.206 e. The summed E-state index contributed by atoms with van der Waals surface area (Å²) >= 11 is 5.74. The summed E-state index contributed by atoms with van der Waals surface area (Å²) in [6.45, 7) is 2.11. The van der Waals surface area contributed by atoms with Gasteiger partial charge in [0.25, 0.3) is 0 Å². The first-order chi connectivity index (χ1) is 6.24. The van der Waals surface area contributed by atoms with E-state index in [1.54, 1.807) is 17.8 Å². The molecule has 0 bridgehead atoms. The van der Waals surface area contributed by atoms with E-state index in [4.69, 9.17) is 0 Å². The van der Waals surface area contributed by atoms with Crippen LogP contribution in [0.5, 0.6) is 0 Å². The fourth-order valence-corrected chi connectivity index (χ4v) is 2.11. The average molecular weight is 216 g/mol. The summed E-state index contributed by atoms with van der Waals surface area (Å²) in [5, 5.41) is 0. The number of halogens is 1. The van der Waals surface area contributed by atoms with Crippen LogP contribution in [0, 0.1) is 11.7 Å². The van der Waals surface area contributed by atoms with Crippen LogP contribution in [-0.4, -0.2) is 11.5 Å². The first-order valence-corrected chi connectivity index (χ1v) is 5.84. The molecule has 13 heavy (non-hydrogen) atoms. The van der Waals surface area contributed by atoms with Crippen LogP contribution in [0.4, 0.5) is 4.39 Å². The van der Waals surface area contributed by atoms with E-state index in [0.29, 0.717) is 5.92 Å². The zero-order valence-electron chi connectivity index (χ0n) is 7.53. The highest BCUT2D eigenvalue weighted by molar-refractivity contribution is 7.99. The van der Waals surface area contributed by atoms with Gasteiger partial charge < -0.3 is 0 Å². The second-order valence-corrected chi connectivity index (χ2v) is 4.46. The molecule has 0 aliphatic rings. The van der Waals surface area contributed by atoms with E-state index < -0.39 is 0 Å². The minimum Gasteiger partial charge on any atom is -0.206 e. The molecule has 0 heterocycles. The van der Waals surface area contributed by atoms with Crippen molar-refractivity contribution in [2.24, 2.45) is 5.92 Å². The number of benzene rings is 1. The molecule has 0 N–H and O–H groups in total. The standard InChI is InChI=1S/C10H13FS2/c1-8(6-12)7-13-10-5-3-2-4-9(10)11/h2-5,8,12H,6-7H2,1H3. The van der Waals surface area contributed by atoms with Crippen LogP contribution >= 0.6 is 24.4 Å². The maximum absolute atomic E-state index is 13.1. The lowest BCUT2D eigenvalue weighted by atomic mass is 10.3. The van der Waals surface area contributed by atoms with Crippen LogP contribution in [0.3, 0.4) is 0 Å². The van der Waals surface area contributed by atoms with Crippen molar-refractivity contribution in [2.45, 2.75) is 11.8 Å². The Morgan fingerprint density at radius 2 is 2.15 bits per heavy atom. The molecule has 3 heteroatoms. The Balaban J connectivity index is 2.50. The smallest absolute Gasteiger partial charge is 0.136 e. The van der Waals surface area contributed by atoms with Crippen molar-refractivity contribution in [1.82, 2.24) is 0 Å². The zero-order chi connectivity index (χ0) is 9.68. The van der Waals surface area contributed by atoms with Gasteiger partial charge in [0, 0.05) is 10.6 Å². The molecule has 0 aliphatic heterocycles. The van der Waals surface area contributed by atoms with E-state index >= 15 is 0 Å². The van der Waals surface area contributed by atoms with Gasteiger partial charge in [-0.05, 0) is 23.8 Å². The van der Waals surface area contributed by atoms with Crippen molar-refractivity contribution in [3.8, 4) is 0 Å². The van der Waals surface area contributed by atoms with Gasteiger partial charge in [-0.3, -0.25) is 0 Å². The van der Waals surface area contributed by atoms with Gasteiger partial charge in [-0.25, -0.2) is 4.39 Å². The van der Waals surface area contributed by atoms with Gasteiger partial charge in [-0.2, -0.15) is 12.6 Å². The minimum atomic E-state index is -0.126. The van der Waals surface area contributed by atoms with Crippen molar-refractivity contribution >= 4 is 24.4 Å². The Morgan fingerprint density at radius 3 is 2.77 bits per heavy atom. The van der Waals surface area contributed by atoms with Crippen molar-refractivity contribution in [1.29, 1.82) is 0 Å². The van der Waals surface area contributed by atoms with Gasteiger partial charge in [0.05, 0.1) is 0 Å². The first-order valence-electron chi connectivity index (χ1n) is 4.22. The Kier molecular flexibility index (Phi) is 4.67. The number of hydrogen-bond acceptors (Lipinski definition) is 2. The Bertz CT molecular complexity index is 263. The molecule has 0 amide bonds. The predicted molar refractivity (Wildman–Crippen MR) is 60.1 cm³/mol. The number of thioether (sulfide) groups is 1. The van der Waals surface area contributed by atoms with Crippen LogP contribution in [0.2, 0.25) is 0 Å². The van der Waals surface area contributed by atoms with Gasteiger partial charge in [0.2, 0.25) is 0 Å². The van der Waals surface area contributed by atoms with E-state index in [1.807, 2.05) is 12.1 Å². The van der Waals surface area contributed by atoms with Gasteiger partial charge >= 0.3 is 0 Å². The molecule has 0 aromatic heterocycles. The summed E-state index contributed by atoms with van der Waals surface area (Å²) < 4.78 is 13.1. The summed E-state index contributed by atoms with van der Waals surface area (Å²) in [5.41, 5.74) is 0. The van der Waals surface area contributed by atoms with Crippen LogP contribution < -0.4 is 0 Å². The quantitative estimate of drug-likeness (QED) is 0.594. The average Bonchev–Trinajstić information content (AvgIpc) is 2.16. The number of rotatable bonds is 4. The monoisotopic (exact) mass is 216 g/mol. The summed E-state index contributed by atoms with van der Waals surface area (Å²) in [6.07, 6.45) is 0. The van der Waals surface area contributed by atoms with E-state index in [9.17, 15) is 4.39 Å². The molecule has 1 aromatic rings. The molecule has 1 aromatic carbocycles. The molecule has 0 spiro atoms. The first kappa shape index (κ1) is 10.9. The molecule has 1 rings (SSSR count). The lowest BCUT2D eigenvalue weighted by Gasteiger charge is -2.07. The molecule has 0 nitrogen and oxygen atoms in total. The van der Waals surface area contributed by atoms with Crippen molar-refractivity contribution in [2.75, 3.05) is 11.5 Å². The molecule has 0 aliphatic carbocycles. The highest BCUT2D eigenvalue weighted by Gasteiger charge is 2.04. The van der Waals surface area contributed by atoms with E-state index in [2.05, 4.69) is 19.6 Å². The van der Waals surface area contributed by atoms with E-state index in [-0.39, 0.29) is 5.82 Å². The summed E-state index contributed by atoms with van der Waals surface area (Å²) in [6, 6.07) is 6.87. The Hall–Kier alpha value is -0.150. The molecule has 72 valence electrons. The van der Waals surface area contributed by atoms with E-state index in [1.165, 1.54) is 6.07 Å². The fraction of sp³-hybridized carbons (Fsp3) is 0.400. The lowest BCUT2D eigenvalue weighted by Crippen LogP contribution is -1.99. The molecule has 0 saturated carbocycles. The van der Waals surface area contributed by atoms with Gasteiger partial charge in [-0.1, -0.05) is 19.1 Å². The summed E-state index contributed by atoms with van der Waals surface area (Å²) in [5.74, 6) is 2.16. The molecule has 0 fully saturated rings. The second-order valence-electron chi connectivity index (χ2n) is 3.03. The summed E-state index contributed by atoms with van der Waals surface area (Å²) in [4.78, 5) is 0.733. The maximum atomic E-state index is 13.1. The van der Waals surface area contributed by atoms with Gasteiger partial charge in [-0.15, -0.1) is 11.8 Å². The molecule has 0 radical (unpaired) electrons. The highest BCUT2D eigenvalue weighted by atomic mass is 32.2. The van der Waals surface area contributed by atoms with Crippen molar-refractivity contribution in [3.63, 3.8) is 0 Å².